The number of rotatable bonds is 5. The van der Waals surface area contributed by atoms with Gasteiger partial charge in [-0.15, -0.1) is 0 Å². The Kier molecular flexibility index (Phi) is 4.99. The molecule has 1 unspecified atom stereocenters. The third kappa shape index (κ3) is 2.60. The van der Waals surface area contributed by atoms with Crippen molar-refractivity contribution >= 4 is 0 Å². The second-order valence-electron chi connectivity index (χ2n) is 4.67. The van der Waals surface area contributed by atoms with Crippen LogP contribution in [0.15, 0.2) is 6.07 Å². The lowest BCUT2D eigenvalue weighted by atomic mass is 9.97. The van der Waals surface area contributed by atoms with Crippen molar-refractivity contribution in [2.24, 2.45) is 5.73 Å². The average molecular weight is 252 g/mol. The van der Waals surface area contributed by atoms with Gasteiger partial charge >= 0.3 is 0 Å². The predicted octanol–water partition coefficient (Wildman–Crippen LogP) is 1.88. The highest BCUT2D eigenvalue weighted by atomic mass is 16.5. The predicted molar refractivity (Wildman–Crippen MR) is 74.5 cm³/mol. The molecule has 0 amide bonds. The van der Waals surface area contributed by atoms with Gasteiger partial charge in [0.2, 0.25) is 0 Å². The van der Waals surface area contributed by atoms with Gasteiger partial charge in [-0.3, -0.25) is 0 Å². The maximum Gasteiger partial charge on any atom is 0.127 e. The molecule has 0 fully saturated rings. The molecule has 0 saturated heterocycles. The van der Waals surface area contributed by atoms with E-state index in [4.69, 9.17) is 15.2 Å². The van der Waals surface area contributed by atoms with Crippen LogP contribution in [0.2, 0.25) is 0 Å². The van der Waals surface area contributed by atoms with Crippen LogP contribution in [0.1, 0.15) is 22.7 Å². The molecule has 4 heteroatoms. The van der Waals surface area contributed by atoms with Crippen molar-refractivity contribution < 1.29 is 9.47 Å². The summed E-state index contributed by atoms with van der Waals surface area (Å²) in [6.07, 6.45) is 0. The van der Waals surface area contributed by atoms with Crippen molar-refractivity contribution in [2.75, 3.05) is 34.9 Å². The molecule has 0 heterocycles. The second-order valence-corrected chi connectivity index (χ2v) is 4.67. The summed E-state index contributed by atoms with van der Waals surface area (Å²) in [6, 6.07) is 2.15. The molecule has 0 aliphatic heterocycles. The number of nitrogens with zero attached hydrogens (tertiary/aromatic N) is 1. The Morgan fingerprint density at radius 3 is 2.17 bits per heavy atom. The highest BCUT2D eigenvalue weighted by Crippen LogP contribution is 2.37. The van der Waals surface area contributed by atoms with Crippen molar-refractivity contribution in [3.8, 4) is 11.5 Å². The largest absolute Gasteiger partial charge is 0.496 e. The Bertz CT molecular complexity index is 417. The normalized spacial score (nSPS) is 12.7. The monoisotopic (exact) mass is 252 g/mol. The molecule has 0 radical (unpaired) electrons. The first-order chi connectivity index (χ1) is 8.47. The van der Waals surface area contributed by atoms with E-state index in [1.165, 1.54) is 0 Å². The SMILES string of the molecule is COc1cc(C(CN)N(C)C)c(OC)c(C)c1C. The van der Waals surface area contributed by atoms with Crippen molar-refractivity contribution in [1.82, 2.24) is 4.90 Å². The van der Waals surface area contributed by atoms with Crippen molar-refractivity contribution in [1.29, 1.82) is 0 Å². The van der Waals surface area contributed by atoms with Gasteiger partial charge in [0.15, 0.2) is 0 Å². The first kappa shape index (κ1) is 14.8. The quantitative estimate of drug-likeness (QED) is 0.869. The molecular formula is C14H24N2O2. The van der Waals surface area contributed by atoms with E-state index in [1.807, 2.05) is 34.0 Å². The van der Waals surface area contributed by atoms with Crippen LogP contribution in [0.4, 0.5) is 0 Å². The Morgan fingerprint density at radius 2 is 1.78 bits per heavy atom. The lowest BCUT2D eigenvalue weighted by molar-refractivity contribution is 0.292. The molecule has 1 rings (SSSR count). The standard InChI is InChI=1S/C14H24N2O2/c1-9-10(2)14(18-6)11(7-13(9)17-5)12(8-15)16(3)4/h7,12H,8,15H2,1-6H3. The van der Waals surface area contributed by atoms with E-state index in [0.29, 0.717) is 6.54 Å². The van der Waals surface area contributed by atoms with E-state index in [9.17, 15) is 0 Å². The van der Waals surface area contributed by atoms with Gasteiger partial charge in [0.1, 0.15) is 11.5 Å². The minimum atomic E-state index is 0.119. The lowest BCUT2D eigenvalue weighted by Crippen LogP contribution is -2.27. The summed E-state index contributed by atoms with van der Waals surface area (Å²) >= 11 is 0. The second kappa shape index (κ2) is 6.07. The van der Waals surface area contributed by atoms with Gasteiger partial charge in [-0.1, -0.05) is 0 Å². The molecule has 0 aliphatic rings. The summed E-state index contributed by atoms with van der Waals surface area (Å²) in [5, 5.41) is 0. The number of likely N-dealkylation sites (N-methyl/N-ethyl adjacent to an activating group) is 1. The van der Waals surface area contributed by atoms with Gasteiger partial charge in [-0.05, 0) is 45.1 Å². The molecular weight excluding hydrogens is 228 g/mol. The number of hydrogen-bond donors (Lipinski definition) is 1. The first-order valence-electron chi connectivity index (χ1n) is 6.06. The number of ether oxygens (including phenoxy) is 2. The Morgan fingerprint density at radius 1 is 1.17 bits per heavy atom. The zero-order valence-corrected chi connectivity index (χ0v) is 12.2. The minimum absolute atomic E-state index is 0.119. The number of hydrogen-bond acceptors (Lipinski definition) is 4. The van der Waals surface area contributed by atoms with Crippen LogP contribution in [0.5, 0.6) is 11.5 Å². The van der Waals surface area contributed by atoms with Crippen LogP contribution in [-0.2, 0) is 0 Å². The van der Waals surface area contributed by atoms with Crippen LogP contribution in [0, 0.1) is 13.8 Å². The fraction of sp³-hybridized carbons (Fsp3) is 0.571. The minimum Gasteiger partial charge on any atom is -0.496 e. The van der Waals surface area contributed by atoms with E-state index in [2.05, 4.69) is 4.90 Å². The lowest BCUT2D eigenvalue weighted by Gasteiger charge is -2.27. The third-order valence-corrected chi connectivity index (χ3v) is 3.45. The van der Waals surface area contributed by atoms with Crippen LogP contribution >= 0.6 is 0 Å². The van der Waals surface area contributed by atoms with Gasteiger partial charge in [0.25, 0.3) is 0 Å². The topological polar surface area (TPSA) is 47.7 Å². The van der Waals surface area contributed by atoms with Gasteiger partial charge in [-0.2, -0.15) is 0 Å². The molecule has 1 aromatic carbocycles. The van der Waals surface area contributed by atoms with Crippen LogP contribution in [-0.4, -0.2) is 39.8 Å². The Labute approximate surface area is 110 Å². The van der Waals surface area contributed by atoms with E-state index < -0.39 is 0 Å². The fourth-order valence-corrected chi connectivity index (χ4v) is 2.23. The maximum atomic E-state index is 5.87. The van der Waals surface area contributed by atoms with Gasteiger partial charge < -0.3 is 20.1 Å². The molecule has 1 aromatic rings. The summed E-state index contributed by atoms with van der Waals surface area (Å²) in [6.45, 7) is 4.62. The smallest absolute Gasteiger partial charge is 0.127 e. The molecule has 102 valence electrons. The van der Waals surface area contributed by atoms with Crippen molar-refractivity contribution in [3.05, 3.63) is 22.8 Å². The number of methoxy groups -OCH3 is 2. The molecule has 0 aromatic heterocycles. The maximum absolute atomic E-state index is 5.87. The van der Waals surface area contributed by atoms with E-state index in [1.54, 1.807) is 14.2 Å². The first-order valence-corrected chi connectivity index (χ1v) is 6.06. The van der Waals surface area contributed by atoms with E-state index in [-0.39, 0.29) is 6.04 Å². The number of nitrogens with two attached hydrogens (primary N) is 1. The van der Waals surface area contributed by atoms with E-state index >= 15 is 0 Å². The Balaban J connectivity index is 3.45. The zero-order chi connectivity index (χ0) is 13.9. The van der Waals surface area contributed by atoms with E-state index in [0.717, 1.165) is 28.2 Å². The van der Waals surface area contributed by atoms with Crippen LogP contribution in [0.25, 0.3) is 0 Å². The third-order valence-electron chi connectivity index (χ3n) is 3.45. The van der Waals surface area contributed by atoms with Gasteiger partial charge in [-0.25, -0.2) is 0 Å². The molecule has 0 bridgehead atoms. The summed E-state index contributed by atoms with van der Waals surface area (Å²) in [5.74, 6) is 1.78. The summed E-state index contributed by atoms with van der Waals surface area (Å²) in [7, 11) is 7.41. The van der Waals surface area contributed by atoms with Gasteiger partial charge in [0.05, 0.1) is 20.3 Å². The molecule has 0 spiro atoms. The molecule has 18 heavy (non-hydrogen) atoms. The van der Waals surface area contributed by atoms with Crippen molar-refractivity contribution in [3.63, 3.8) is 0 Å². The summed E-state index contributed by atoms with van der Waals surface area (Å²) in [5.41, 5.74) is 9.15. The zero-order valence-electron chi connectivity index (χ0n) is 12.2. The molecule has 0 aliphatic carbocycles. The molecule has 2 N–H and O–H groups in total. The summed E-state index contributed by atoms with van der Waals surface area (Å²) < 4.78 is 11.0. The highest BCUT2D eigenvalue weighted by molar-refractivity contribution is 5.53. The molecule has 0 saturated carbocycles. The molecule has 4 nitrogen and oxygen atoms in total. The van der Waals surface area contributed by atoms with Crippen LogP contribution in [0.3, 0.4) is 0 Å². The molecule has 1 atom stereocenters. The average Bonchev–Trinajstić information content (AvgIpc) is 2.34. The summed E-state index contributed by atoms with van der Waals surface area (Å²) in [4.78, 5) is 2.09. The van der Waals surface area contributed by atoms with Gasteiger partial charge in [0, 0.05) is 12.1 Å². The highest BCUT2D eigenvalue weighted by Gasteiger charge is 2.21. The van der Waals surface area contributed by atoms with Crippen LogP contribution < -0.4 is 15.2 Å². The Hall–Kier alpha value is -1.26. The number of benzene rings is 1. The van der Waals surface area contributed by atoms with Crippen molar-refractivity contribution in [2.45, 2.75) is 19.9 Å². The fourth-order valence-electron chi connectivity index (χ4n) is 2.23.